The first kappa shape index (κ1) is 19.8. The van der Waals surface area contributed by atoms with Gasteiger partial charge in [0.1, 0.15) is 5.37 Å². The first-order valence-corrected chi connectivity index (χ1v) is 11.1. The summed E-state index contributed by atoms with van der Waals surface area (Å²) in [6.45, 7) is 3.61. The molecule has 0 saturated carbocycles. The highest BCUT2D eigenvalue weighted by atomic mass is 32.2. The molecule has 4 rings (SSSR count). The molecule has 3 atom stereocenters. The number of carbonyl (C=O) groups excluding carboxylic acids is 2. The Balaban J connectivity index is 1.51. The number of amides is 2. The van der Waals surface area contributed by atoms with E-state index in [9.17, 15) is 27.9 Å². The number of carboxylic acid groups (broad SMARTS) is 1. The standard InChI is InChI=1S/C19H23N3O6S/c1-19(16(17(24)25)22-14(23)11-15(22)29(19,27)28)18(26)21-9-7-20(8-10-21)12-13-5-3-2-4-6-13/h2-6,15-16H,7-12H2,1H3,(H,24,25)/t15?,16-,19+/m0/s1. The highest BCUT2D eigenvalue weighted by Gasteiger charge is 2.73. The van der Waals surface area contributed by atoms with E-state index in [-0.39, 0.29) is 6.42 Å². The molecule has 1 aromatic carbocycles. The Bertz CT molecular complexity index is 957. The second-order valence-electron chi connectivity index (χ2n) is 7.91. The number of fused-ring (bicyclic) bond motifs is 1. The van der Waals surface area contributed by atoms with E-state index in [4.69, 9.17) is 0 Å². The van der Waals surface area contributed by atoms with Crippen molar-refractivity contribution >= 4 is 27.6 Å². The maximum Gasteiger partial charge on any atom is 0.328 e. The van der Waals surface area contributed by atoms with E-state index in [1.807, 2.05) is 30.3 Å². The van der Waals surface area contributed by atoms with Crippen LogP contribution in [0.25, 0.3) is 0 Å². The lowest BCUT2D eigenvalue weighted by molar-refractivity contribution is -0.160. The van der Waals surface area contributed by atoms with Crippen molar-refractivity contribution < 1.29 is 27.9 Å². The SMILES string of the molecule is C[C@]1(C(=O)N2CCN(Cc3ccccc3)CC2)[C@H](C(=O)O)N2C(=O)CC2S1(=O)=O. The van der Waals surface area contributed by atoms with Gasteiger partial charge >= 0.3 is 5.97 Å². The summed E-state index contributed by atoms with van der Waals surface area (Å²) in [6, 6.07) is 8.20. The summed E-state index contributed by atoms with van der Waals surface area (Å²) in [5.74, 6) is -2.75. The van der Waals surface area contributed by atoms with Gasteiger partial charge < -0.3 is 14.9 Å². The predicted molar refractivity (Wildman–Crippen MR) is 102 cm³/mol. The summed E-state index contributed by atoms with van der Waals surface area (Å²) in [5.41, 5.74) is 1.14. The van der Waals surface area contributed by atoms with E-state index < -0.39 is 43.8 Å². The lowest BCUT2D eigenvalue weighted by atomic mass is 9.94. The van der Waals surface area contributed by atoms with Gasteiger partial charge in [0.2, 0.25) is 11.8 Å². The van der Waals surface area contributed by atoms with Crippen LogP contribution in [0.15, 0.2) is 30.3 Å². The van der Waals surface area contributed by atoms with E-state index in [1.54, 1.807) is 0 Å². The van der Waals surface area contributed by atoms with Gasteiger partial charge in [-0.25, -0.2) is 13.2 Å². The second-order valence-corrected chi connectivity index (χ2v) is 10.4. The van der Waals surface area contributed by atoms with Crippen molar-refractivity contribution in [1.82, 2.24) is 14.7 Å². The highest BCUT2D eigenvalue weighted by Crippen LogP contribution is 2.47. The number of hydrogen-bond donors (Lipinski definition) is 1. The Morgan fingerprint density at radius 1 is 1.14 bits per heavy atom. The third-order valence-corrected chi connectivity index (χ3v) is 8.95. The molecule has 3 aliphatic rings. The van der Waals surface area contributed by atoms with Crippen molar-refractivity contribution in [1.29, 1.82) is 0 Å². The molecule has 1 unspecified atom stereocenters. The maximum atomic E-state index is 13.3. The van der Waals surface area contributed by atoms with Crippen LogP contribution in [0.3, 0.4) is 0 Å². The van der Waals surface area contributed by atoms with Gasteiger partial charge in [-0.15, -0.1) is 0 Å². The number of piperazine rings is 1. The fraction of sp³-hybridized carbons (Fsp3) is 0.526. The van der Waals surface area contributed by atoms with Crippen molar-refractivity contribution in [3.63, 3.8) is 0 Å². The molecule has 9 nitrogen and oxygen atoms in total. The van der Waals surface area contributed by atoms with E-state index in [0.717, 1.165) is 23.9 Å². The number of nitrogens with zero attached hydrogens (tertiary/aromatic N) is 3. The lowest BCUT2D eigenvalue weighted by Gasteiger charge is -2.39. The minimum atomic E-state index is -4.15. The van der Waals surface area contributed by atoms with Gasteiger partial charge in [-0.05, 0) is 12.5 Å². The average Bonchev–Trinajstić information content (AvgIpc) is 2.84. The van der Waals surface area contributed by atoms with E-state index in [1.165, 1.54) is 4.90 Å². The number of carboxylic acids is 1. The van der Waals surface area contributed by atoms with Gasteiger partial charge in [0.05, 0.1) is 6.42 Å². The van der Waals surface area contributed by atoms with Crippen molar-refractivity contribution in [2.75, 3.05) is 26.2 Å². The Kier molecular flexibility index (Phi) is 4.66. The van der Waals surface area contributed by atoms with Gasteiger partial charge in [0.15, 0.2) is 20.6 Å². The van der Waals surface area contributed by atoms with Gasteiger partial charge in [0, 0.05) is 32.7 Å². The molecule has 29 heavy (non-hydrogen) atoms. The molecular formula is C19H23N3O6S. The highest BCUT2D eigenvalue weighted by molar-refractivity contribution is 7.94. The third kappa shape index (κ3) is 2.84. The zero-order valence-corrected chi connectivity index (χ0v) is 16.8. The maximum absolute atomic E-state index is 13.3. The monoisotopic (exact) mass is 421 g/mol. The van der Waals surface area contributed by atoms with Crippen molar-refractivity contribution in [2.45, 2.75) is 36.1 Å². The number of rotatable bonds is 4. The number of β-lactam (4-membered cyclic amide) rings is 1. The second kappa shape index (κ2) is 6.81. The summed E-state index contributed by atoms with van der Waals surface area (Å²) < 4.78 is 23.9. The third-order valence-electron chi connectivity index (χ3n) is 6.26. The molecule has 1 aromatic rings. The minimum absolute atomic E-state index is 0.264. The number of hydrogen-bond acceptors (Lipinski definition) is 6. The first-order valence-electron chi connectivity index (χ1n) is 9.51. The Labute approximate surface area is 168 Å². The molecule has 10 heteroatoms. The molecule has 3 heterocycles. The van der Waals surface area contributed by atoms with Crippen LogP contribution in [-0.4, -0.2) is 88.3 Å². The van der Waals surface area contributed by atoms with Crippen LogP contribution < -0.4 is 0 Å². The normalized spacial score (nSPS) is 31.3. The van der Waals surface area contributed by atoms with Crippen LogP contribution in [0.4, 0.5) is 0 Å². The number of sulfone groups is 1. The Hall–Kier alpha value is -2.46. The molecule has 0 radical (unpaired) electrons. The smallest absolute Gasteiger partial charge is 0.328 e. The molecule has 0 spiro atoms. The first-order chi connectivity index (χ1) is 13.7. The molecule has 0 aromatic heterocycles. The fourth-order valence-corrected chi connectivity index (χ4v) is 6.90. The van der Waals surface area contributed by atoms with Crippen LogP contribution in [0.5, 0.6) is 0 Å². The topological polar surface area (TPSA) is 115 Å². The molecule has 2 amide bonds. The molecule has 3 aliphatic heterocycles. The van der Waals surface area contributed by atoms with Crippen molar-refractivity contribution in [3.05, 3.63) is 35.9 Å². The van der Waals surface area contributed by atoms with E-state index in [2.05, 4.69) is 4.90 Å². The van der Waals surface area contributed by atoms with Gasteiger partial charge in [0.25, 0.3) is 0 Å². The Morgan fingerprint density at radius 3 is 2.31 bits per heavy atom. The average molecular weight is 421 g/mol. The zero-order chi connectivity index (χ0) is 21.0. The minimum Gasteiger partial charge on any atom is -0.480 e. The molecule has 156 valence electrons. The van der Waals surface area contributed by atoms with Crippen molar-refractivity contribution in [3.8, 4) is 0 Å². The Morgan fingerprint density at radius 2 is 1.76 bits per heavy atom. The van der Waals surface area contributed by atoms with Gasteiger partial charge in [-0.2, -0.15) is 0 Å². The van der Waals surface area contributed by atoms with Gasteiger partial charge in [-0.3, -0.25) is 14.5 Å². The summed E-state index contributed by atoms with van der Waals surface area (Å²) >= 11 is 0. The predicted octanol–water partition coefficient (Wildman–Crippen LogP) is -0.470. The van der Waals surface area contributed by atoms with Crippen LogP contribution in [-0.2, 0) is 30.8 Å². The summed E-state index contributed by atoms with van der Waals surface area (Å²) in [4.78, 5) is 41.4. The van der Waals surface area contributed by atoms with E-state index in [0.29, 0.717) is 26.2 Å². The summed E-state index contributed by atoms with van der Waals surface area (Å²) in [7, 11) is -4.15. The zero-order valence-electron chi connectivity index (χ0n) is 16.0. The van der Waals surface area contributed by atoms with E-state index >= 15 is 0 Å². The molecule has 3 saturated heterocycles. The molecule has 0 aliphatic carbocycles. The quantitative estimate of drug-likeness (QED) is 0.654. The fourth-order valence-electron chi connectivity index (χ4n) is 4.53. The number of carbonyl (C=O) groups is 3. The van der Waals surface area contributed by atoms with Crippen molar-refractivity contribution in [2.24, 2.45) is 0 Å². The largest absolute Gasteiger partial charge is 0.480 e. The van der Waals surface area contributed by atoms with Crippen LogP contribution >= 0.6 is 0 Å². The van der Waals surface area contributed by atoms with Crippen LogP contribution in [0, 0.1) is 0 Å². The lowest BCUT2D eigenvalue weighted by Crippen LogP contribution is -2.63. The molecular weight excluding hydrogens is 398 g/mol. The summed E-state index contributed by atoms with van der Waals surface area (Å²) in [5, 5.41) is 8.42. The number of aliphatic carboxylic acids is 1. The molecule has 0 bridgehead atoms. The van der Waals surface area contributed by atoms with Crippen LogP contribution in [0.2, 0.25) is 0 Å². The van der Waals surface area contributed by atoms with Gasteiger partial charge in [-0.1, -0.05) is 30.3 Å². The molecule has 1 N–H and O–H groups in total. The van der Waals surface area contributed by atoms with Crippen LogP contribution in [0.1, 0.15) is 18.9 Å². The number of benzene rings is 1. The molecule has 3 fully saturated rings. The summed E-state index contributed by atoms with van der Waals surface area (Å²) in [6.07, 6.45) is -0.264.